The van der Waals surface area contributed by atoms with Gasteiger partial charge in [0, 0.05) is 11.4 Å². The van der Waals surface area contributed by atoms with Crippen molar-refractivity contribution in [2.45, 2.75) is 84.5 Å². The van der Waals surface area contributed by atoms with Gasteiger partial charge in [-0.05, 0) is 73.6 Å². The summed E-state index contributed by atoms with van der Waals surface area (Å²) in [5.74, 6) is 3.06. The Hall–Kier alpha value is -4.44. The molecule has 254 valence electrons. The number of fused-ring (bicyclic) bond motifs is 1. The van der Waals surface area contributed by atoms with Crippen LogP contribution in [0.2, 0.25) is 0 Å². The SMILES string of the molecule is CCCCSc1nc2n(n1)C(c1ccc(OCc3ccc(C(C)(C)C)cc3)c(OCC)c1)C(C(=O)Nc1ccccc1OCC)=C(C)N2. The van der Waals surface area contributed by atoms with Crippen molar-refractivity contribution >= 4 is 29.3 Å². The predicted octanol–water partition coefficient (Wildman–Crippen LogP) is 8.77. The first-order valence-corrected chi connectivity index (χ1v) is 17.7. The fraction of sp³-hybridized carbons (Fsp3) is 0.395. The van der Waals surface area contributed by atoms with E-state index in [-0.39, 0.29) is 11.3 Å². The lowest BCUT2D eigenvalue weighted by Gasteiger charge is -2.29. The smallest absolute Gasteiger partial charge is 0.255 e. The highest BCUT2D eigenvalue weighted by molar-refractivity contribution is 7.99. The lowest BCUT2D eigenvalue weighted by molar-refractivity contribution is -0.113. The third kappa shape index (κ3) is 8.16. The summed E-state index contributed by atoms with van der Waals surface area (Å²) in [5, 5.41) is 12.0. The molecule has 0 bridgehead atoms. The minimum absolute atomic E-state index is 0.0835. The molecule has 9 nitrogen and oxygen atoms in total. The lowest BCUT2D eigenvalue weighted by atomic mass is 9.87. The van der Waals surface area contributed by atoms with Crippen LogP contribution in [-0.4, -0.2) is 39.6 Å². The standard InChI is InChI=1S/C38H47N5O4S/c1-8-11-22-48-37-41-36-39-25(4)33(35(44)40-29-14-12-13-15-30(29)45-9-2)34(43(36)42-37)27-18-21-31(32(23-27)46-10-3)47-24-26-16-19-28(20-17-26)38(5,6)7/h12-21,23,34H,8-11,22,24H2,1-7H3,(H,40,44)(H,39,41,42). The lowest BCUT2D eigenvalue weighted by Crippen LogP contribution is -2.31. The minimum atomic E-state index is -0.577. The van der Waals surface area contributed by atoms with Gasteiger partial charge in [0.1, 0.15) is 18.4 Å². The second-order valence-electron chi connectivity index (χ2n) is 12.7. The molecule has 0 fully saturated rings. The van der Waals surface area contributed by atoms with E-state index in [1.165, 1.54) is 5.56 Å². The van der Waals surface area contributed by atoms with Crippen molar-refractivity contribution in [1.82, 2.24) is 14.8 Å². The van der Waals surface area contributed by atoms with Gasteiger partial charge < -0.3 is 24.8 Å². The van der Waals surface area contributed by atoms with Gasteiger partial charge in [-0.15, -0.1) is 5.10 Å². The molecular formula is C38H47N5O4S. The summed E-state index contributed by atoms with van der Waals surface area (Å²) in [5.41, 5.74) is 5.04. The maximum atomic E-state index is 14.2. The van der Waals surface area contributed by atoms with Gasteiger partial charge in [-0.2, -0.15) is 4.98 Å². The summed E-state index contributed by atoms with van der Waals surface area (Å²) in [6.45, 7) is 15.9. The molecule has 3 aromatic carbocycles. The summed E-state index contributed by atoms with van der Waals surface area (Å²) < 4.78 is 20.0. The summed E-state index contributed by atoms with van der Waals surface area (Å²) in [6, 6.07) is 21.2. The number of anilines is 2. The molecule has 2 heterocycles. The van der Waals surface area contributed by atoms with Gasteiger partial charge in [0.15, 0.2) is 11.5 Å². The number of carbonyl (C=O) groups excluding carboxylic acids is 1. The predicted molar refractivity (Wildman–Crippen MR) is 193 cm³/mol. The summed E-state index contributed by atoms with van der Waals surface area (Å²) in [6.07, 6.45) is 2.15. The highest BCUT2D eigenvalue weighted by atomic mass is 32.2. The Labute approximate surface area is 288 Å². The highest BCUT2D eigenvalue weighted by Gasteiger charge is 2.35. The molecule has 1 atom stereocenters. The summed E-state index contributed by atoms with van der Waals surface area (Å²) in [7, 11) is 0. The number of nitrogens with zero attached hydrogens (tertiary/aromatic N) is 3. The minimum Gasteiger partial charge on any atom is -0.492 e. The number of hydrogen-bond donors (Lipinski definition) is 2. The number of carbonyl (C=O) groups is 1. The van der Waals surface area contributed by atoms with E-state index in [4.69, 9.17) is 24.3 Å². The van der Waals surface area contributed by atoms with Crippen LogP contribution >= 0.6 is 11.8 Å². The maximum Gasteiger partial charge on any atom is 0.255 e. The number of benzene rings is 3. The summed E-state index contributed by atoms with van der Waals surface area (Å²) in [4.78, 5) is 19.0. The zero-order valence-electron chi connectivity index (χ0n) is 29.1. The van der Waals surface area contributed by atoms with Crippen LogP contribution in [0.4, 0.5) is 11.6 Å². The largest absolute Gasteiger partial charge is 0.492 e. The third-order valence-corrected chi connectivity index (χ3v) is 8.96. The van der Waals surface area contributed by atoms with Crippen LogP contribution in [0.3, 0.4) is 0 Å². The first-order valence-electron chi connectivity index (χ1n) is 16.7. The fourth-order valence-corrected chi connectivity index (χ4v) is 6.40. The molecule has 4 aromatic rings. The van der Waals surface area contributed by atoms with Crippen LogP contribution in [0.15, 0.2) is 83.2 Å². The van der Waals surface area contributed by atoms with E-state index in [2.05, 4.69) is 62.6 Å². The molecule has 0 aliphatic carbocycles. The van der Waals surface area contributed by atoms with Gasteiger partial charge in [0.25, 0.3) is 5.91 Å². The van der Waals surface area contributed by atoms with Crippen LogP contribution in [0, 0.1) is 0 Å². The number of amides is 1. The second kappa shape index (κ2) is 15.6. The molecule has 1 unspecified atom stereocenters. The molecule has 0 saturated carbocycles. The average molecular weight is 670 g/mol. The van der Waals surface area contributed by atoms with Crippen molar-refractivity contribution in [2.75, 3.05) is 29.6 Å². The van der Waals surface area contributed by atoms with Crippen molar-refractivity contribution in [1.29, 1.82) is 0 Å². The molecule has 1 aliphatic rings. The average Bonchev–Trinajstić information content (AvgIpc) is 3.46. The first kappa shape index (κ1) is 34.9. The number of thioether (sulfide) groups is 1. The van der Waals surface area contributed by atoms with Gasteiger partial charge in [-0.25, -0.2) is 4.68 Å². The third-order valence-electron chi connectivity index (χ3n) is 8.04. The molecule has 48 heavy (non-hydrogen) atoms. The number of ether oxygens (including phenoxy) is 3. The van der Waals surface area contributed by atoms with Gasteiger partial charge in [0.05, 0.1) is 24.5 Å². The Bertz CT molecular complexity index is 1740. The van der Waals surface area contributed by atoms with E-state index in [0.717, 1.165) is 29.7 Å². The molecule has 1 aliphatic heterocycles. The van der Waals surface area contributed by atoms with Crippen LogP contribution < -0.4 is 24.8 Å². The maximum absolute atomic E-state index is 14.2. The second-order valence-corrected chi connectivity index (χ2v) is 13.8. The van der Waals surface area contributed by atoms with Gasteiger partial charge >= 0.3 is 0 Å². The number of unbranched alkanes of at least 4 members (excludes halogenated alkanes) is 1. The Balaban J connectivity index is 1.49. The molecule has 10 heteroatoms. The van der Waals surface area contributed by atoms with Crippen molar-refractivity contribution in [3.8, 4) is 17.2 Å². The van der Waals surface area contributed by atoms with E-state index < -0.39 is 6.04 Å². The van der Waals surface area contributed by atoms with Crippen molar-refractivity contribution in [3.05, 3.63) is 94.7 Å². The molecule has 5 rings (SSSR count). The number of para-hydroxylation sites is 2. The Morgan fingerprint density at radius 1 is 0.938 bits per heavy atom. The van der Waals surface area contributed by atoms with Crippen molar-refractivity contribution < 1.29 is 19.0 Å². The Morgan fingerprint density at radius 2 is 1.67 bits per heavy atom. The van der Waals surface area contributed by atoms with Gasteiger partial charge in [-0.3, -0.25) is 4.79 Å². The number of rotatable bonds is 14. The summed E-state index contributed by atoms with van der Waals surface area (Å²) >= 11 is 1.61. The van der Waals surface area contributed by atoms with Gasteiger partial charge in [-0.1, -0.05) is 88.3 Å². The van der Waals surface area contributed by atoms with E-state index in [9.17, 15) is 4.79 Å². The molecule has 2 N–H and O–H groups in total. The first-order chi connectivity index (χ1) is 23.1. The zero-order chi connectivity index (χ0) is 34.3. The number of nitrogens with one attached hydrogen (secondary N) is 2. The highest BCUT2D eigenvalue weighted by Crippen LogP contribution is 2.40. The molecule has 0 spiro atoms. The van der Waals surface area contributed by atoms with Crippen molar-refractivity contribution in [2.24, 2.45) is 0 Å². The molecule has 1 amide bonds. The Morgan fingerprint density at radius 3 is 2.38 bits per heavy atom. The Kier molecular flexibility index (Phi) is 11.4. The quantitative estimate of drug-likeness (QED) is 0.102. The van der Waals surface area contributed by atoms with Crippen LogP contribution in [0.1, 0.15) is 84.0 Å². The zero-order valence-corrected chi connectivity index (χ0v) is 29.9. The molecular weight excluding hydrogens is 623 g/mol. The van der Waals surface area contributed by atoms with E-state index >= 15 is 0 Å². The van der Waals surface area contributed by atoms with Crippen LogP contribution in [-0.2, 0) is 16.8 Å². The van der Waals surface area contributed by atoms with E-state index in [1.807, 2.05) is 63.2 Å². The number of hydrogen-bond acceptors (Lipinski definition) is 8. The molecule has 0 saturated heterocycles. The monoisotopic (exact) mass is 669 g/mol. The van der Waals surface area contributed by atoms with Crippen LogP contribution in [0.25, 0.3) is 0 Å². The fourth-order valence-electron chi connectivity index (χ4n) is 5.49. The van der Waals surface area contributed by atoms with Crippen LogP contribution in [0.5, 0.6) is 17.2 Å². The van der Waals surface area contributed by atoms with Crippen molar-refractivity contribution in [3.63, 3.8) is 0 Å². The molecule has 1 aromatic heterocycles. The van der Waals surface area contributed by atoms with E-state index in [1.54, 1.807) is 16.4 Å². The van der Waals surface area contributed by atoms with E-state index in [0.29, 0.717) is 65.1 Å². The van der Waals surface area contributed by atoms with Gasteiger partial charge in [0.2, 0.25) is 11.1 Å². The molecule has 0 radical (unpaired) electrons. The normalized spacial score (nSPS) is 14.3. The number of allylic oxidation sites excluding steroid dienone is 1. The topological polar surface area (TPSA) is 99.5 Å². The number of aromatic nitrogens is 3.